The summed E-state index contributed by atoms with van der Waals surface area (Å²) in [5.41, 5.74) is 1.52. The van der Waals surface area contributed by atoms with E-state index in [0.29, 0.717) is 5.56 Å². The minimum Gasteiger partial charge on any atom is -0.378 e. The van der Waals surface area contributed by atoms with E-state index in [1.807, 2.05) is 18.4 Å². The predicted octanol–water partition coefficient (Wildman–Crippen LogP) is 2.70. The fourth-order valence-corrected chi connectivity index (χ4v) is 3.60. The number of amides is 1. The van der Waals surface area contributed by atoms with Crippen LogP contribution in [0.5, 0.6) is 0 Å². The Morgan fingerprint density at radius 3 is 2.39 bits per heavy atom. The van der Waals surface area contributed by atoms with Gasteiger partial charge in [0.05, 0.1) is 9.82 Å². The van der Waals surface area contributed by atoms with Crippen LogP contribution in [-0.4, -0.2) is 44.8 Å². The highest BCUT2D eigenvalue weighted by Crippen LogP contribution is 2.27. The number of benzene rings is 2. The molecule has 8 nitrogen and oxygen atoms in total. The van der Waals surface area contributed by atoms with Crippen molar-refractivity contribution in [2.45, 2.75) is 10.6 Å². The number of anilines is 1. The van der Waals surface area contributed by atoms with E-state index >= 15 is 0 Å². The molecule has 0 unspecified atom stereocenters. The number of thioether (sulfide) groups is 1. The molecule has 0 aliphatic heterocycles. The third-order valence-electron chi connectivity index (χ3n) is 3.85. The first-order valence-corrected chi connectivity index (χ1v) is 11.6. The van der Waals surface area contributed by atoms with Gasteiger partial charge in [-0.1, -0.05) is 12.1 Å². The van der Waals surface area contributed by atoms with Gasteiger partial charge in [0.15, 0.2) is 9.84 Å². The smallest absolute Gasteiger partial charge is 0.293 e. The first-order chi connectivity index (χ1) is 13.2. The van der Waals surface area contributed by atoms with Gasteiger partial charge < -0.3 is 10.6 Å². The van der Waals surface area contributed by atoms with Crippen LogP contribution in [0.15, 0.2) is 47.4 Å². The second-order valence-corrected chi connectivity index (χ2v) is 8.90. The maximum atomic E-state index is 12.1. The molecule has 0 fully saturated rings. The second kappa shape index (κ2) is 9.56. The Labute approximate surface area is 167 Å². The zero-order valence-corrected chi connectivity index (χ0v) is 17.1. The summed E-state index contributed by atoms with van der Waals surface area (Å²) in [6.45, 7) is 0.492. The zero-order chi connectivity index (χ0) is 20.7. The molecule has 0 spiro atoms. The Balaban J connectivity index is 1.94. The van der Waals surface area contributed by atoms with Gasteiger partial charge >= 0.3 is 0 Å². The van der Waals surface area contributed by atoms with Gasteiger partial charge in [0, 0.05) is 36.7 Å². The van der Waals surface area contributed by atoms with E-state index in [9.17, 15) is 23.3 Å². The van der Waals surface area contributed by atoms with Crippen LogP contribution in [0, 0.1) is 10.1 Å². The largest absolute Gasteiger partial charge is 0.378 e. The summed E-state index contributed by atoms with van der Waals surface area (Å²) < 4.78 is 23.1. The van der Waals surface area contributed by atoms with E-state index < -0.39 is 14.8 Å². The van der Waals surface area contributed by atoms with Crippen molar-refractivity contribution in [1.82, 2.24) is 5.32 Å². The number of nitro groups is 1. The molecule has 0 saturated carbocycles. The van der Waals surface area contributed by atoms with Crippen molar-refractivity contribution in [2.75, 3.05) is 30.9 Å². The summed E-state index contributed by atoms with van der Waals surface area (Å²) in [6, 6.07) is 11.0. The first-order valence-electron chi connectivity index (χ1n) is 8.31. The van der Waals surface area contributed by atoms with E-state index in [1.54, 1.807) is 23.9 Å². The van der Waals surface area contributed by atoms with Gasteiger partial charge in [-0.25, -0.2) is 8.42 Å². The number of hydrogen-bond acceptors (Lipinski definition) is 7. The summed E-state index contributed by atoms with van der Waals surface area (Å²) in [7, 11) is -3.54. The number of nitrogens with one attached hydrogen (secondary N) is 2. The molecule has 0 saturated heterocycles. The average Bonchev–Trinajstić information content (AvgIpc) is 2.65. The quantitative estimate of drug-likeness (QED) is 0.362. The van der Waals surface area contributed by atoms with Gasteiger partial charge in [-0.2, -0.15) is 11.8 Å². The van der Waals surface area contributed by atoms with Crippen molar-refractivity contribution in [3.8, 4) is 0 Å². The number of carbonyl (C=O) groups is 1. The summed E-state index contributed by atoms with van der Waals surface area (Å²) in [5, 5.41) is 16.8. The molecule has 2 N–H and O–H groups in total. The molecule has 2 aromatic rings. The third-order valence-corrected chi connectivity index (χ3v) is 5.58. The van der Waals surface area contributed by atoms with E-state index in [4.69, 9.17) is 0 Å². The van der Waals surface area contributed by atoms with Gasteiger partial charge in [-0.05, 0) is 36.1 Å². The third kappa shape index (κ3) is 5.96. The van der Waals surface area contributed by atoms with Crippen LogP contribution < -0.4 is 10.6 Å². The average molecular weight is 424 g/mol. The molecule has 0 atom stereocenters. The monoisotopic (exact) mass is 423 g/mol. The second-order valence-electron chi connectivity index (χ2n) is 6.02. The summed E-state index contributed by atoms with van der Waals surface area (Å²) >= 11 is 1.70. The molecular weight excluding hydrogens is 402 g/mol. The van der Waals surface area contributed by atoms with Gasteiger partial charge in [-0.15, -0.1) is 0 Å². The van der Waals surface area contributed by atoms with Crippen molar-refractivity contribution in [3.63, 3.8) is 0 Å². The van der Waals surface area contributed by atoms with Gasteiger partial charge in [-0.3, -0.25) is 14.9 Å². The Morgan fingerprint density at radius 1 is 1.14 bits per heavy atom. The van der Waals surface area contributed by atoms with Crippen LogP contribution in [0.4, 0.5) is 11.4 Å². The van der Waals surface area contributed by atoms with Crippen molar-refractivity contribution >= 4 is 38.9 Å². The fraction of sp³-hybridized carbons (Fsp3) is 0.278. The van der Waals surface area contributed by atoms with E-state index in [-0.39, 0.29) is 35.3 Å². The predicted molar refractivity (Wildman–Crippen MR) is 111 cm³/mol. The molecule has 150 valence electrons. The van der Waals surface area contributed by atoms with Gasteiger partial charge in [0.2, 0.25) is 0 Å². The molecule has 2 rings (SSSR count). The summed E-state index contributed by atoms with van der Waals surface area (Å²) in [6.07, 6.45) is 3.00. The minimum absolute atomic E-state index is 0.122. The molecular formula is C18H21N3O5S2. The van der Waals surface area contributed by atoms with Crippen molar-refractivity contribution in [1.29, 1.82) is 0 Å². The number of nitro benzene ring substituents is 1. The molecule has 2 aromatic carbocycles. The minimum atomic E-state index is -3.54. The number of sulfone groups is 1. The van der Waals surface area contributed by atoms with Crippen LogP contribution >= 0.6 is 11.8 Å². The van der Waals surface area contributed by atoms with Crippen LogP contribution in [0.25, 0.3) is 0 Å². The Morgan fingerprint density at radius 2 is 1.82 bits per heavy atom. The maximum absolute atomic E-state index is 12.1. The Hall–Kier alpha value is -2.59. The fourth-order valence-electron chi connectivity index (χ4n) is 2.44. The van der Waals surface area contributed by atoms with Crippen LogP contribution in [0.3, 0.4) is 0 Å². The zero-order valence-electron chi connectivity index (χ0n) is 15.5. The van der Waals surface area contributed by atoms with E-state index in [0.717, 1.165) is 23.6 Å². The number of carbonyl (C=O) groups excluding carboxylic acids is 1. The van der Waals surface area contributed by atoms with E-state index in [1.165, 1.54) is 12.1 Å². The van der Waals surface area contributed by atoms with Crippen LogP contribution in [0.1, 0.15) is 15.9 Å². The first kappa shape index (κ1) is 21.7. The highest BCUT2D eigenvalue weighted by molar-refractivity contribution is 7.97. The lowest BCUT2D eigenvalue weighted by Gasteiger charge is -2.10. The topological polar surface area (TPSA) is 118 Å². The molecule has 10 heteroatoms. The lowest BCUT2D eigenvalue weighted by molar-refractivity contribution is -0.384. The SMILES string of the molecule is CSCc1ccc(C(=O)NCCNc2ccc(S(C)(=O)=O)cc2[N+](=O)[O-])cc1. The Bertz CT molecular complexity index is 960. The lowest BCUT2D eigenvalue weighted by Crippen LogP contribution is -2.28. The molecule has 0 aromatic heterocycles. The number of rotatable bonds is 9. The normalized spacial score (nSPS) is 11.1. The Kier molecular flexibility index (Phi) is 7.41. The molecule has 0 aliphatic rings. The van der Waals surface area contributed by atoms with Crippen LogP contribution in [0.2, 0.25) is 0 Å². The number of hydrogen-bond donors (Lipinski definition) is 2. The number of nitrogens with zero attached hydrogens (tertiary/aromatic N) is 1. The summed E-state index contributed by atoms with van der Waals surface area (Å²) in [4.78, 5) is 22.6. The van der Waals surface area contributed by atoms with E-state index in [2.05, 4.69) is 10.6 Å². The molecule has 1 amide bonds. The molecule has 0 heterocycles. The van der Waals surface area contributed by atoms with Crippen molar-refractivity contribution in [3.05, 3.63) is 63.7 Å². The van der Waals surface area contributed by atoms with Crippen LogP contribution in [-0.2, 0) is 15.6 Å². The molecule has 0 aliphatic carbocycles. The molecule has 28 heavy (non-hydrogen) atoms. The van der Waals surface area contributed by atoms with Gasteiger partial charge in [0.25, 0.3) is 11.6 Å². The van der Waals surface area contributed by atoms with Crippen molar-refractivity contribution in [2.24, 2.45) is 0 Å². The maximum Gasteiger partial charge on any atom is 0.293 e. The standard InChI is InChI=1S/C18H21N3O5S2/c1-27-12-13-3-5-14(6-4-13)18(22)20-10-9-19-16-8-7-15(28(2,25)26)11-17(16)21(23)24/h3-8,11,19H,9-10,12H2,1-2H3,(H,20,22). The highest BCUT2D eigenvalue weighted by atomic mass is 32.2. The molecule has 0 radical (unpaired) electrons. The lowest BCUT2D eigenvalue weighted by atomic mass is 10.1. The van der Waals surface area contributed by atoms with Gasteiger partial charge in [0.1, 0.15) is 5.69 Å². The molecule has 0 bridgehead atoms. The summed E-state index contributed by atoms with van der Waals surface area (Å²) in [5.74, 6) is 0.641. The van der Waals surface area contributed by atoms with Crippen molar-refractivity contribution < 1.29 is 18.1 Å². The highest BCUT2D eigenvalue weighted by Gasteiger charge is 2.18.